The van der Waals surface area contributed by atoms with E-state index in [1.807, 2.05) is 37.3 Å². The topological polar surface area (TPSA) is 88.9 Å². The second kappa shape index (κ2) is 11.4. The zero-order valence-corrected chi connectivity index (χ0v) is 18.8. The first-order valence-electron chi connectivity index (χ1n) is 10.1. The number of hydrogen-bond donors (Lipinski definition) is 0. The number of esters is 1. The number of nitriles is 1. The van der Waals surface area contributed by atoms with Crippen molar-refractivity contribution in [1.29, 1.82) is 5.26 Å². The van der Waals surface area contributed by atoms with Crippen molar-refractivity contribution in [2.75, 3.05) is 39.2 Å². The van der Waals surface area contributed by atoms with Gasteiger partial charge in [-0.05, 0) is 42.8 Å². The second-order valence-corrected chi connectivity index (χ2v) is 8.11. The number of methoxy groups -OCH3 is 1. The molecule has 0 saturated carbocycles. The molecule has 166 valence electrons. The van der Waals surface area contributed by atoms with E-state index >= 15 is 0 Å². The number of carbonyl (C=O) groups excluding carboxylic acids is 2. The number of ether oxygens (including phenoxy) is 3. The summed E-state index contributed by atoms with van der Waals surface area (Å²) >= 11 is 1.39. The van der Waals surface area contributed by atoms with E-state index in [0.717, 1.165) is 10.5 Å². The molecule has 1 amide bonds. The van der Waals surface area contributed by atoms with Crippen molar-refractivity contribution in [1.82, 2.24) is 4.90 Å². The summed E-state index contributed by atoms with van der Waals surface area (Å²) in [5.74, 6) is 0.0250. The molecule has 0 radical (unpaired) electrons. The minimum atomic E-state index is -0.405. The van der Waals surface area contributed by atoms with Crippen LogP contribution in [-0.4, -0.2) is 55.9 Å². The van der Waals surface area contributed by atoms with E-state index in [1.54, 1.807) is 23.1 Å². The Hall–Kier alpha value is -3.28. The lowest BCUT2D eigenvalue weighted by Crippen LogP contribution is -2.41. The molecule has 0 aromatic heterocycles. The van der Waals surface area contributed by atoms with E-state index in [9.17, 15) is 14.9 Å². The average molecular weight is 453 g/mol. The van der Waals surface area contributed by atoms with Gasteiger partial charge in [0.05, 0.1) is 26.1 Å². The number of rotatable bonds is 7. The van der Waals surface area contributed by atoms with Gasteiger partial charge in [0.15, 0.2) is 11.5 Å². The zero-order chi connectivity index (χ0) is 22.9. The largest absolute Gasteiger partial charge is 0.493 e. The number of aryl methyl sites for hydroxylation is 1. The fourth-order valence-electron chi connectivity index (χ4n) is 3.03. The lowest BCUT2D eigenvalue weighted by Gasteiger charge is -2.26. The summed E-state index contributed by atoms with van der Waals surface area (Å²) in [6.07, 6.45) is 1.50. The molecule has 0 spiro atoms. The Balaban J connectivity index is 1.67. The van der Waals surface area contributed by atoms with E-state index in [1.165, 1.54) is 24.9 Å². The summed E-state index contributed by atoms with van der Waals surface area (Å²) in [4.78, 5) is 27.4. The van der Waals surface area contributed by atoms with E-state index < -0.39 is 5.97 Å². The van der Waals surface area contributed by atoms with Crippen molar-refractivity contribution in [2.45, 2.75) is 11.8 Å². The SMILES string of the molecule is COc1cc(/C=C(\C#N)C(=O)N2CCOCC2)ccc1OC(=O)CSc1ccc(C)cc1. The summed E-state index contributed by atoms with van der Waals surface area (Å²) < 4.78 is 16.0. The van der Waals surface area contributed by atoms with Crippen LogP contribution in [0.2, 0.25) is 0 Å². The number of morpholine rings is 1. The maximum Gasteiger partial charge on any atom is 0.321 e. The number of nitrogens with zero attached hydrogens (tertiary/aromatic N) is 2. The van der Waals surface area contributed by atoms with E-state index in [2.05, 4.69) is 0 Å². The third-order valence-corrected chi connectivity index (χ3v) is 5.73. The Labute approximate surface area is 191 Å². The van der Waals surface area contributed by atoms with Crippen LogP contribution in [-0.2, 0) is 14.3 Å². The Morgan fingerprint density at radius 3 is 2.53 bits per heavy atom. The monoisotopic (exact) mass is 452 g/mol. The maximum atomic E-state index is 12.6. The number of hydrogen-bond acceptors (Lipinski definition) is 7. The highest BCUT2D eigenvalue weighted by Crippen LogP contribution is 2.30. The van der Waals surface area contributed by atoms with Crippen LogP contribution in [0, 0.1) is 18.3 Å². The lowest BCUT2D eigenvalue weighted by atomic mass is 10.1. The molecular formula is C24H24N2O5S. The zero-order valence-electron chi connectivity index (χ0n) is 18.0. The minimum absolute atomic E-state index is 0.0215. The predicted molar refractivity (Wildman–Crippen MR) is 122 cm³/mol. The fraction of sp³-hybridized carbons (Fsp3) is 0.292. The quantitative estimate of drug-likeness (QED) is 0.209. The third-order valence-electron chi connectivity index (χ3n) is 4.75. The van der Waals surface area contributed by atoms with Crippen molar-refractivity contribution in [2.24, 2.45) is 0 Å². The van der Waals surface area contributed by atoms with Gasteiger partial charge in [0.1, 0.15) is 11.6 Å². The van der Waals surface area contributed by atoms with Crippen LogP contribution in [0.5, 0.6) is 11.5 Å². The summed E-state index contributed by atoms with van der Waals surface area (Å²) in [6.45, 7) is 3.83. The lowest BCUT2D eigenvalue weighted by molar-refractivity contribution is -0.131. The Bertz CT molecular complexity index is 1040. The van der Waals surface area contributed by atoms with Gasteiger partial charge in [-0.2, -0.15) is 5.26 Å². The van der Waals surface area contributed by atoms with Gasteiger partial charge in [-0.1, -0.05) is 23.8 Å². The number of thioether (sulfide) groups is 1. The first kappa shape index (κ1) is 23.4. The molecule has 0 unspecified atom stereocenters. The minimum Gasteiger partial charge on any atom is -0.493 e. The normalized spacial score (nSPS) is 13.9. The molecule has 2 aromatic rings. The van der Waals surface area contributed by atoms with Gasteiger partial charge in [-0.25, -0.2) is 0 Å². The number of amides is 1. The van der Waals surface area contributed by atoms with Crippen molar-refractivity contribution in [3.8, 4) is 17.6 Å². The molecule has 0 N–H and O–H groups in total. The maximum absolute atomic E-state index is 12.6. The molecule has 8 heteroatoms. The first-order valence-corrected chi connectivity index (χ1v) is 11.1. The molecule has 1 aliphatic rings. The molecule has 0 aliphatic carbocycles. The van der Waals surface area contributed by atoms with Crippen LogP contribution in [0.1, 0.15) is 11.1 Å². The van der Waals surface area contributed by atoms with Crippen molar-refractivity contribution < 1.29 is 23.8 Å². The van der Waals surface area contributed by atoms with Crippen molar-refractivity contribution in [3.63, 3.8) is 0 Å². The van der Waals surface area contributed by atoms with Crippen molar-refractivity contribution >= 4 is 29.7 Å². The standard InChI is InChI=1S/C24H24N2O5S/c1-17-3-6-20(7-4-17)32-16-23(27)31-21-8-5-18(14-22(21)29-2)13-19(15-25)24(28)26-9-11-30-12-10-26/h3-8,13-14H,9-12,16H2,1-2H3/b19-13+. The van der Waals surface area contributed by atoms with Gasteiger partial charge in [-0.15, -0.1) is 11.8 Å². The fourth-order valence-corrected chi connectivity index (χ4v) is 3.70. The van der Waals surface area contributed by atoms with E-state index in [-0.39, 0.29) is 23.0 Å². The van der Waals surface area contributed by atoms with Crippen molar-refractivity contribution in [3.05, 3.63) is 59.2 Å². The van der Waals surface area contributed by atoms with Gasteiger partial charge in [0.2, 0.25) is 0 Å². The summed E-state index contributed by atoms with van der Waals surface area (Å²) in [5.41, 5.74) is 1.77. The van der Waals surface area contributed by atoms with Crippen LogP contribution in [0.4, 0.5) is 0 Å². The van der Waals surface area contributed by atoms with Crippen LogP contribution in [0.25, 0.3) is 6.08 Å². The van der Waals surface area contributed by atoms with E-state index in [0.29, 0.717) is 37.6 Å². The number of benzene rings is 2. The summed E-state index contributed by atoms with van der Waals surface area (Å²) in [7, 11) is 1.46. The molecule has 0 bridgehead atoms. The van der Waals surface area contributed by atoms with Gasteiger partial charge >= 0.3 is 5.97 Å². The van der Waals surface area contributed by atoms with Gasteiger partial charge < -0.3 is 19.1 Å². The highest BCUT2D eigenvalue weighted by Gasteiger charge is 2.21. The second-order valence-electron chi connectivity index (χ2n) is 7.06. The molecule has 32 heavy (non-hydrogen) atoms. The molecule has 1 heterocycles. The molecule has 1 aliphatic heterocycles. The summed E-state index contributed by atoms with van der Waals surface area (Å²) in [6, 6.07) is 14.7. The highest BCUT2D eigenvalue weighted by atomic mass is 32.2. The van der Waals surface area contributed by atoms with Crippen LogP contribution in [0.3, 0.4) is 0 Å². The number of carbonyl (C=O) groups is 2. The Kier molecular flexibility index (Phi) is 8.31. The predicted octanol–water partition coefficient (Wildman–Crippen LogP) is 3.47. The average Bonchev–Trinajstić information content (AvgIpc) is 2.83. The van der Waals surface area contributed by atoms with Crippen LogP contribution in [0.15, 0.2) is 52.9 Å². The molecule has 3 rings (SSSR count). The van der Waals surface area contributed by atoms with Gasteiger partial charge in [0, 0.05) is 18.0 Å². The molecule has 1 saturated heterocycles. The summed E-state index contributed by atoms with van der Waals surface area (Å²) in [5, 5.41) is 9.46. The van der Waals surface area contributed by atoms with Crippen LogP contribution < -0.4 is 9.47 Å². The third kappa shape index (κ3) is 6.36. The Morgan fingerprint density at radius 2 is 1.88 bits per heavy atom. The smallest absolute Gasteiger partial charge is 0.321 e. The molecule has 1 fully saturated rings. The highest BCUT2D eigenvalue weighted by molar-refractivity contribution is 8.00. The van der Waals surface area contributed by atoms with E-state index in [4.69, 9.17) is 14.2 Å². The van der Waals surface area contributed by atoms with Gasteiger partial charge in [-0.3, -0.25) is 9.59 Å². The van der Waals surface area contributed by atoms with Crippen LogP contribution >= 0.6 is 11.8 Å². The Morgan fingerprint density at radius 1 is 1.16 bits per heavy atom. The molecule has 0 atom stereocenters. The molecule has 7 nitrogen and oxygen atoms in total. The molecular weight excluding hydrogens is 428 g/mol. The first-order chi connectivity index (χ1) is 15.5. The molecule has 2 aromatic carbocycles. The van der Waals surface area contributed by atoms with Gasteiger partial charge in [0.25, 0.3) is 5.91 Å².